The summed E-state index contributed by atoms with van der Waals surface area (Å²) in [6.07, 6.45) is 7.10. The Morgan fingerprint density at radius 1 is 1.43 bits per heavy atom. The van der Waals surface area contributed by atoms with Gasteiger partial charge in [0, 0.05) is 17.4 Å². The molecular formula is C17H20N2O3S. The fourth-order valence-electron chi connectivity index (χ4n) is 2.59. The van der Waals surface area contributed by atoms with Gasteiger partial charge < -0.3 is 9.26 Å². The summed E-state index contributed by atoms with van der Waals surface area (Å²) >= 11 is 1.58. The van der Waals surface area contributed by atoms with Crippen LogP contribution in [-0.4, -0.2) is 22.7 Å². The van der Waals surface area contributed by atoms with Gasteiger partial charge in [-0.1, -0.05) is 24.2 Å². The average molecular weight is 332 g/mol. The Balaban J connectivity index is 1.43. The second kappa shape index (κ2) is 7.55. The zero-order valence-corrected chi connectivity index (χ0v) is 13.9. The van der Waals surface area contributed by atoms with E-state index in [9.17, 15) is 4.79 Å². The molecule has 1 aliphatic rings. The molecule has 0 saturated carbocycles. The average Bonchev–Trinajstić information content (AvgIpc) is 3.23. The number of carbonyl (C=O) groups excluding carboxylic acids is 1. The molecule has 2 unspecified atom stereocenters. The van der Waals surface area contributed by atoms with Crippen LogP contribution in [-0.2, 0) is 16.0 Å². The third-order valence-electron chi connectivity index (χ3n) is 4.17. The lowest BCUT2D eigenvalue weighted by Gasteiger charge is -2.24. The summed E-state index contributed by atoms with van der Waals surface area (Å²) in [6.45, 7) is 2.70. The monoisotopic (exact) mass is 332 g/mol. The van der Waals surface area contributed by atoms with Crippen molar-refractivity contribution in [3.63, 3.8) is 0 Å². The second-order valence-corrected chi connectivity index (χ2v) is 6.67. The summed E-state index contributed by atoms with van der Waals surface area (Å²) in [7, 11) is 0. The summed E-state index contributed by atoms with van der Waals surface area (Å²) in [4.78, 5) is 16.2. The minimum Gasteiger partial charge on any atom is -0.465 e. The third kappa shape index (κ3) is 4.28. The van der Waals surface area contributed by atoms with Crippen molar-refractivity contribution in [1.29, 1.82) is 0 Å². The van der Waals surface area contributed by atoms with E-state index >= 15 is 0 Å². The van der Waals surface area contributed by atoms with Gasteiger partial charge in [-0.15, -0.1) is 0 Å². The van der Waals surface area contributed by atoms with Gasteiger partial charge in [-0.2, -0.15) is 16.3 Å². The summed E-state index contributed by atoms with van der Waals surface area (Å²) in [5, 5.41) is 7.85. The van der Waals surface area contributed by atoms with Crippen molar-refractivity contribution in [1.82, 2.24) is 10.1 Å². The molecule has 0 N–H and O–H groups in total. The number of ether oxygens (including phenoxy) is 1. The van der Waals surface area contributed by atoms with Gasteiger partial charge in [-0.05, 0) is 36.1 Å². The minimum absolute atomic E-state index is 0.206. The molecule has 2 atom stereocenters. The fourth-order valence-corrected chi connectivity index (χ4v) is 3.22. The number of esters is 1. The predicted molar refractivity (Wildman–Crippen MR) is 87.9 cm³/mol. The van der Waals surface area contributed by atoms with Crippen LogP contribution in [0.3, 0.4) is 0 Å². The Labute approximate surface area is 139 Å². The number of hydrogen-bond donors (Lipinski definition) is 0. The Morgan fingerprint density at radius 3 is 3.09 bits per heavy atom. The first kappa shape index (κ1) is 15.9. The van der Waals surface area contributed by atoms with Crippen LogP contribution in [0.1, 0.15) is 32.1 Å². The summed E-state index contributed by atoms with van der Waals surface area (Å²) < 4.78 is 10.6. The molecule has 0 fully saturated rings. The number of hydrogen-bond acceptors (Lipinski definition) is 6. The van der Waals surface area contributed by atoms with Crippen LogP contribution in [0.5, 0.6) is 0 Å². The molecular weight excluding hydrogens is 312 g/mol. The molecule has 0 amide bonds. The maximum absolute atomic E-state index is 11.9. The summed E-state index contributed by atoms with van der Waals surface area (Å²) in [5.41, 5.74) is 0.937. The zero-order chi connectivity index (χ0) is 16.1. The first-order valence-electron chi connectivity index (χ1n) is 7.88. The highest BCUT2D eigenvalue weighted by atomic mass is 32.1. The first-order valence-corrected chi connectivity index (χ1v) is 8.82. The van der Waals surface area contributed by atoms with Crippen molar-refractivity contribution < 1.29 is 14.1 Å². The third-order valence-corrected chi connectivity index (χ3v) is 4.85. The largest absolute Gasteiger partial charge is 0.465 e. The van der Waals surface area contributed by atoms with E-state index in [1.807, 2.05) is 16.8 Å². The van der Waals surface area contributed by atoms with Crippen LogP contribution in [0.25, 0.3) is 11.4 Å². The van der Waals surface area contributed by atoms with Crippen molar-refractivity contribution >= 4 is 17.3 Å². The number of aromatic nitrogens is 2. The highest BCUT2D eigenvalue weighted by molar-refractivity contribution is 7.08. The molecule has 2 aromatic rings. The highest BCUT2D eigenvalue weighted by Gasteiger charge is 2.20. The van der Waals surface area contributed by atoms with Gasteiger partial charge in [0.2, 0.25) is 11.7 Å². The maximum atomic E-state index is 11.9. The minimum atomic E-state index is -0.206. The van der Waals surface area contributed by atoms with E-state index in [1.165, 1.54) is 0 Å². The molecule has 0 radical (unpaired) electrons. The molecule has 2 heterocycles. The van der Waals surface area contributed by atoms with Crippen molar-refractivity contribution in [3.8, 4) is 11.4 Å². The van der Waals surface area contributed by atoms with Gasteiger partial charge in [0.15, 0.2) is 0 Å². The normalized spacial score (nSPS) is 20.6. The number of allylic oxidation sites excluding steroid dienone is 2. The van der Waals surface area contributed by atoms with Crippen LogP contribution in [0.15, 0.2) is 33.5 Å². The lowest BCUT2D eigenvalue weighted by Crippen LogP contribution is -2.21. The van der Waals surface area contributed by atoms with Gasteiger partial charge in [0.25, 0.3) is 0 Å². The number of aryl methyl sites for hydroxylation is 1. The predicted octanol–water partition coefficient (Wildman–Crippen LogP) is 3.88. The lowest BCUT2D eigenvalue weighted by atomic mass is 9.85. The second-order valence-electron chi connectivity index (χ2n) is 5.89. The van der Waals surface area contributed by atoms with Gasteiger partial charge in [0.05, 0.1) is 13.0 Å². The van der Waals surface area contributed by atoms with Crippen molar-refractivity contribution in [3.05, 3.63) is 34.9 Å². The molecule has 1 aliphatic carbocycles. The summed E-state index contributed by atoms with van der Waals surface area (Å²) in [5.74, 6) is 1.83. The smallest absolute Gasteiger partial charge is 0.306 e. The molecule has 6 heteroatoms. The van der Waals surface area contributed by atoms with Crippen LogP contribution in [0, 0.1) is 11.8 Å². The van der Waals surface area contributed by atoms with Crippen LogP contribution >= 0.6 is 11.3 Å². The molecule has 122 valence electrons. The molecule has 23 heavy (non-hydrogen) atoms. The molecule has 0 spiro atoms. The molecule has 2 aromatic heterocycles. The van der Waals surface area contributed by atoms with E-state index in [4.69, 9.17) is 9.26 Å². The quantitative estimate of drug-likeness (QED) is 0.593. The van der Waals surface area contributed by atoms with E-state index in [2.05, 4.69) is 29.2 Å². The lowest BCUT2D eigenvalue weighted by molar-refractivity contribution is -0.145. The SMILES string of the molecule is CC1CC=CCC1COC(=O)CCc1nc(-c2ccsc2)no1. The fraction of sp³-hybridized carbons (Fsp3) is 0.471. The maximum Gasteiger partial charge on any atom is 0.306 e. The number of carbonyl (C=O) groups is 1. The summed E-state index contributed by atoms with van der Waals surface area (Å²) in [6, 6.07) is 1.94. The zero-order valence-electron chi connectivity index (χ0n) is 13.1. The van der Waals surface area contributed by atoms with Gasteiger partial charge >= 0.3 is 5.97 Å². The number of nitrogens with zero attached hydrogens (tertiary/aromatic N) is 2. The number of rotatable bonds is 6. The van der Waals surface area contributed by atoms with Crippen molar-refractivity contribution in [2.24, 2.45) is 11.8 Å². The first-order chi connectivity index (χ1) is 11.2. The molecule has 0 aromatic carbocycles. The Kier molecular flexibility index (Phi) is 5.23. The van der Waals surface area contributed by atoms with Crippen molar-refractivity contribution in [2.45, 2.75) is 32.6 Å². The van der Waals surface area contributed by atoms with Crippen molar-refractivity contribution in [2.75, 3.05) is 6.61 Å². The molecule has 0 saturated heterocycles. The van der Waals surface area contributed by atoms with Crippen LogP contribution < -0.4 is 0 Å². The van der Waals surface area contributed by atoms with Crippen LogP contribution in [0.2, 0.25) is 0 Å². The standard InChI is InChI=1S/C17H20N2O3S/c1-12-4-2-3-5-13(12)10-21-16(20)7-6-15-18-17(19-22-15)14-8-9-23-11-14/h2-3,8-9,11-13H,4-7,10H2,1H3. The molecule has 3 rings (SSSR count). The highest BCUT2D eigenvalue weighted by Crippen LogP contribution is 2.25. The van der Waals surface area contributed by atoms with E-state index in [0.29, 0.717) is 36.6 Å². The van der Waals surface area contributed by atoms with E-state index in [1.54, 1.807) is 11.3 Å². The van der Waals surface area contributed by atoms with E-state index < -0.39 is 0 Å². The topological polar surface area (TPSA) is 65.2 Å². The van der Waals surface area contributed by atoms with E-state index in [-0.39, 0.29) is 12.4 Å². The number of thiophene rings is 1. The van der Waals surface area contributed by atoms with Crippen LogP contribution in [0.4, 0.5) is 0 Å². The van der Waals surface area contributed by atoms with E-state index in [0.717, 1.165) is 18.4 Å². The van der Waals surface area contributed by atoms with Gasteiger partial charge in [-0.3, -0.25) is 4.79 Å². The molecule has 0 aliphatic heterocycles. The van der Waals surface area contributed by atoms with Gasteiger partial charge in [-0.25, -0.2) is 0 Å². The Morgan fingerprint density at radius 2 is 2.30 bits per heavy atom. The Bertz CT molecular complexity index is 663. The van der Waals surface area contributed by atoms with Gasteiger partial charge in [0.1, 0.15) is 0 Å². The Hall–Kier alpha value is -1.95. The molecule has 0 bridgehead atoms. The molecule has 5 nitrogen and oxygen atoms in total.